The lowest BCUT2D eigenvalue weighted by molar-refractivity contribution is -0.382. The summed E-state index contributed by atoms with van der Waals surface area (Å²) in [6.07, 6.45) is -2.35. The molecule has 0 aromatic carbocycles. The summed E-state index contributed by atoms with van der Waals surface area (Å²) >= 11 is 0. The summed E-state index contributed by atoms with van der Waals surface area (Å²) in [6.45, 7) is -0.204. The fourth-order valence-corrected chi connectivity index (χ4v) is 9.03. The number of nitrogens with zero attached hydrogens (tertiary/aromatic N) is 5. The smallest absolute Gasteiger partial charge is 0.367 e. The van der Waals surface area contributed by atoms with Crippen molar-refractivity contribution in [3.63, 3.8) is 0 Å². The van der Waals surface area contributed by atoms with Gasteiger partial charge >= 0.3 is 47.0 Å². The van der Waals surface area contributed by atoms with Crippen molar-refractivity contribution in [3.05, 3.63) is 5.69 Å². The van der Waals surface area contributed by atoms with E-state index >= 15 is 0 Å². The molecule has 182 valence electrons. The predicted octanol–water partition coefficient (Wildman–Crippen LogP) is -1.44. The average molecular weight is 545 g/mol. The second-order valence-electron chi connectivity index (χ2n) is 7.81. The van der Waals surface area contributed by atoms with Crippen LogP contribution in [0.2, 0.25) is 0 Å². The van der Waals surface area contributed by atoms with Crippen LogP contribution in [-0.4, -0.2) is 59.7 Å². The summed E-state index contributed by atoms with van der Waals surface area (Å²) < 4.78 is 91.6. The Morgan fingerprint density at radius 3 is 2.53 bits per heavy atom. The van der Waals surface area contributed by atoms with Gasteiger partial charge in [0.15, 0.2) is 5.82 Å². The molecule has 5 saturated heterocycles. The number of phosphoric ester groups is 2. The number of aliphatic imine (C=N–C) groups is 1. The third-order valence-corrected chi connectivity index (χ3v) is 9.84. The number of fused-ring (bicyclic) bond motifs is 4. The van der Waals surface area contributed by atoms with Gasteiger partial charge in [0.2, 0.25) is 6.29 Å². The van der Waals surface area contributed by atoms with Crippen LogP contribution in [0.3, 0.4) is 0 Å². The molecular formula is C10H6N5O16P3. The van der Waals surface area contributed by atoms with Crippen molar-refractivity contribution in [1.29, 1.82) is 0 Å². The molecule has 8 aliphatic heterocycles. The van der Waals surface area contributed by atoms with Gasteiger partial charge in [-0.3, -0.25) is 9.26 Å². The third-order valence-electron chi connectivity index (χ3n) is 5.99. The fraction of sp³-hybridized carbons (Fsp3) is 0.600. The number of hydroxylamine groups is 3. The molecule has 0 radical (unpaired) electrons. The van der Waals surface area contributed by atoms with Gasteiger partial charge in [-0.2, -0.15) is 10.0 Å². The highest BCUT2D eigenvalue weighted by Crippen LogP contribution is 2.84. The van der Waals surface area contributed by atoms with Crippen LogP contribution in [0.15, 0.2) is 4.99 Å². The van der Waals surface area contributed by atoms with Gasteiger partial charge in [-0.1, -0.05) is 5.23 Å². The first kappa shape index (κ1) is 19.7. The summed E-state index contributed by atoms with van der Waals surface area (Å²) in [6, 6.07) is -0.692. The number of aromatic nitrogens is 2. The zero-order valence-electron chi connectivity index (χ0n) is 15.5. The number of ether oxygens (including phenoxy) is 1. The highest BCUT2D eigenvalue weighted by Gasteiger charge is 3.00. The molecule has 9 heterocycles. The highest BCUT2D eigenvalue weighted by atomic mass is 31.2. The molecule has 9 rings (SSSR count). The van der Waals surface area contributed by atoms with Crippen LogP contribution in [0, 0.1) is 0 Å². The number of guanidine groups is 1. The highest BCUT2D eigenvalue weighted by molar-refractivity contribution is 7.50. The molecule has 0 saturated carbocycles. The zero-order valence-corrected chi connectivity index (χ0v) is 18.2. The Kier molecular flexibility index (Phi) is 2.82. The molecule has 1 aromatic heterocycles. The van der Waals surface area contributed by atoms with E-state index in [1.165, 1.54) is 0 Å². The Morgan fingerprint density at radius 2 is 1.74 bits per heavy atom. The van der Waals surface area contributed by atoms with Crippen molar-refractivity contribution in [1.82, 2.24) is 14.8 Å². The third kappa shape index (κ3) is 1.68. The Morgan fingerprint density at radius 1 is 0.971 bits per heavy atom. The number of imidazole rings is 1. The normalized spacial score (nSPS) is 56.7. The zero-order chi connectivity index (χ0) is 23.3. The summed E-state index contributed by atoms with van der Waals surface area (Å²) in [5.41, 5.74) is 0.0525. The minimum Gasteiger partial charge on any atom is -0.367 e. The Bertz CT molecular complexity index is 1460. The maximum absolute atomic E-state index is 13.5. The van der Waals surface area contributed by atoms with E-state index in [0.717, 1.165) is 5.06 Å². The first-order valence-corrected chi connectivity index (χ1v) is 13.5. The van der Waals surface area contributed by atoms with Crippen molar-refractivity contribution in [2.24, 2.45) is 4.99 Å². The predicted molar refractivity (Wildman–Crippen MR) is 87.5 cm³/mol. The molecule has 8 atom stereocenters. The molecule has 1 aromatic rings. The number of aliphatic hydroxyl groups is 3. The van der Waals surface area contributed by atoms with Gasteiger partial charge in [0.1, 0.15) is 5.69 Å². The Hall–Kier alpha value is -1.51. The van der Waals surface area contributed by atoms with E-state index in [0.29, 0.717) is 4.57 Å². The van der Waals surface area contributed by atoms with E-state index in [9.17, 15) is 29.0 Å². The molecule has 0 aliphatic carbocycles. The lowest BCUT2D eigenvalue weighted by atomic mass is 9.97. The molecule has 34 heavy (non-hydrogen) atoms. The number of anilines is 1. The van der Waals surface area contributed by atoms with Gasteiger partial charge in [0.25, 0.3) is 11.7 Å². The van der Waals surface area contributed by atoms with Crippen LogP contribution >= 0.6 is 23.5 Å². The van der Waals surface area contributed by atoms with Crippen molar-refractivity contribution >= 4 is 35.2 Å². The molecule has 24 heteroatoms. The van der Waals surface area contributed by atoms with Gasteiger partial charge < -0.3 is 19.8 Å². The van der Waals surface area contributed by atoms with Crippen LogP contribution < -0.4 is 9.59 Å². The van der Waals surface area contributed by atoms with Crippen molar-refractivity contribution in [3.8, 4) is 6.01 Å². The average Bonchev–Trinajstić information content (AvgIpc) is 3.34. The first-order valence-electron chi connectivity index (χ1n) is 9.08. The lowest BCUT2D eigenvalue weighted by Gasteiger charge is -2.39. The van der Waals surface area contributed by atoms with Gasteiger partial charge in [0, 0.05) is 0 Å². The minimum absolute atomic E-state index is 0.0525. The molecule has 11 bridgehead atoms. The van der Waals surface area contributed by atoms with E-state index in [1.807, 2.05) is 0 Å². The second-order valence-corrected chi connectivity index (χ2v) is 12.1. The van der Waals surface area contributed by atoms with E-state index in [2.05, 4.69) is 9.98 Å². The van der Waals surface area contributed by atoms with Crippen LogP contribution in [0.1, 0.15) is 5.69 Å². The van der Waals surface area contributed by atoms with Gasteiger partial charge in [-0.05, 0) is 0 Å². The number of rotatable bonds is 0. The van der Waals surface area contributed by atoms with Gasteiger partial charge in [-0.15, -0.1) is 13.9 Å². The number of hydrogen-bond acceptors (Lipinski definition) is 20. The molecular weight excluding hydrogens is 539 g/mol. The monoisotopic (exact) mass is 545 g/mol. The van der Waals surface area contributed by atoms with Crippen LogP contribution in [-0.2, 0) is 67.4 Å². The summed E-state index contributed by atoms with van der Waals surface area (Å²) in [5.74, 6) is -13.7. The Labute approximate surface area is 183 Å². The first-order chi connectivity index (χ1) is 15.9. The van der Waals surface area contributed by atoms with Gasteiger partial charge in [-0.25, -0.2) is 41.3 Å². The van der Waals surface area contributed by atoms with E-state index in [-0.39, 0.29) is 29.2 Å². The van der Waals surface area contributed by atoms with E-state index < -0.39 is 59.0 Å². The van der Waals surface area contributed by atoms with E-state index in [4.69, 9.17) is 45.8 Å². The summed E-state index contributed by atoms with van der Waals surface area (Å²) in [4.78, 5) is 8.19. The quantitative estimate of drug-likeness (QED) is 0.316. The van der Waals surface area contributed by atoms with Crippen molar-refractivity contribution < 1.29 is 74.8 Å². The molecule has 0 amide bonds. The molecule has 2 spiro atoms. The molecule has 21 nitrogen and oxygen atoms in total. The van der Waals surface area contributed by atoms with Crippen molar-refractivity contribution in [2.45, 2.75) is 36.1 Å². The minimum atomic E-state index is -5.15. The Balaban J connectivity index is 1.41. The topological polar surface area (TPSA) is 241 Å². The largest absolute Gasteiger partial charge is 0.579 e. The lowest BCUT2D eigenvalue weighted by Crippen LogP contribution is -2.68. The number of phosphoric acid groups is 3. The number of hydrogen-bond donors (Lipinski definition) is 3. The number of aliphatic hydroxyl groups excluding tert-OH is 1. The van der Waals surface area contributed by atoms with Gasteiger partial charge in [0.05, 0.1) is 6.54 Å². The van der Waals surface area contributed by atoms with Crippen LogP contribution in [0.4, 0.5) is 5.82 Å². The van der Waals surface area contributed by atoms with E-state index in [1.54, 1.807) is 0 Å². The second kappa shape index (κ2) is 4.88. The fourth-order valence-electron chi connectivity index (χ4n) is 4.75. The summed E-state index contributed by atoms with van der Waals surface area (Å²) in [5, 5.41) is 34.5. The SMILES string of the molecule is O=P12Oc3nc4c5n3C36OC78OP(=O)(OC7O)OC8(O)C3(O)OP(=O)(ON(O1)C(=NC4)N5O2)O6. The molecule has 3 N–H and O–H groups in total. The standard InChI is InChI=1S/C10H6N5O16P3/c16-4-7-8(17,26-32(19,22-4)25-7)9(18)10(24-7)13-3-2-1-11-5-14(3)29-33(20,23-6(13)12-2)30-15(5)31-34(21,27-9)28-10/h4,16-18H,1H2. The maximum atomic E-state index is 13.5. The van der Waals surface area contributed by atoms with Crippen molar-refractivity contribution in [2.75, 3.05) is 5.06 Å². The maximum Gasteiger partial charge on any atom is 0.579 e. The van der Waals surface area contributed by atoms with Crippen LogP contribution in [0.25, 0.3) is 0 Å². The molecule has 8 unspecified atom stereocenters. The molecule has 5 fully saturated rings. The molecule has 8 aliphatic rings. The van der Waals surface area contributed by atoms with Crippen LogP contribution in [0.5, 0.6) is 6.01 Å². The summed E-state index contributed by atoms with van der Waals surface area (Å²) in [7, 11) is -14.5.